The molecule has 0 bridgehead atoms. The Kier molecular flexibility index (Phi) is 7.39. The van der Waals surface area contributed by atoms with Gasteiger partial charge in [0.05, 0.1) is 16.3 Å². The van der Waals surface area contributed by atoms with E-state index in [2.05, 4.69) is 15.8 Å². The molecule has 0 aliphatic rings. The first-order valence-corrected chi connectivity index (χ1v) is 9.22. The molecule has 0 spiro atoms. The lowest BCUT2D eigenvalue weighted by atomic mass is 10.1. The van der Waals surface area contributed by atoms with Gasteiger partial charge in [0, 0.05) is 17.1 Å². The molecular formula is C20H21Cl2N3O2. The molecule has 27 heavy (non-hydrogen) atoms. The Balaban J connectivity index is 2.10. The van der Waals surface area contributed by atoms with Gasteiger partial charge in [-0.05, 0) is 48.7 Å². The Morgan fingerprint density at radius 2 is 1.85 bits per heavy atom. The maximum absolute atomic E-state index is 12.4. The quantitative estimate of drug-likeness (QED) is 0.516. The largest absolute Gasteiger partial charge is 0.322 e. The van der Waals surface area contributed by atoms with Crippen molar-refractivity contribution in [1.29, 1.82) is 0 Å². The summed E-state index contributed by atoms with van der Waals surface area (Å²) in [6, 6.07) is 11.9. The third-order valence-corrected chi connectivity index (χ3v) is 4.20. The molecule has 2 N–H and O–H groups in total. The maximum atomic E-state index is 12.4. The van der Waals surface area contributed by atoms with Crippen molar-refractivity contribution in [2.24, 2.45) is 11.0 Å². The van der Waals surface area contributed by atoms with E-state index in [9.17, 15) is 9.59 Å². The molecule has 5 nitrogen and oxygen atoms in total. The minimum Gasteiger partial charge on any atom is -0.322 e. The van der Waals surface area contributed by atoms with Crippen LogP contribution in [0.15, 0.2) is 47.6 Å². The maximum Gasteiger partial charge on any atom is 0.257 e. The predicted octanol–water partition coefficient (Wildman–Crippen LogP) is 5.13. The number of amides is 2. The van der Waals surface area contributed by atoms with Gasteiger partial charge in [-0.15, -0.1) is 0 Å². The number of carbonyl (C=O) groups is 2. The topological polar surface area (TPSA) is 70.6 Å². The van der Waals surface area contributed by atoms with Gasteiger partial charge in [-0.25, -0.2) is 5.43 Å². The molecular weight excluding hydrogens is 385 g/mol. The fourth-order valence-corrected chi connectivity index (χ4v) is 2.82. The molecule has 0 fully saturated rings. The molecule has 0 radical (unpaired) electrons. The van der Waals surface area contributed by atoms with E-state index >= 15 is 0 Å². The zero-order valence-corrected chi connectivity index (χ0v) is 16.9. The molecule has 0 atom stereocenters. The molecule has 7 heteroatoms. The van der Waals surface area contributed by atoms with E-state index < -0.39 is 0 Å². The summed E-state index contributed by atoms with van der Waals surface area (Å²) in [5.41, 5.74) is 4.87. The number of anilines is 1. The molecule has 0 aromatic heterocycles. The monoisotopic (exact) mass is 405 g/mol. The second kappa shape index (κ2) is 9.53. The lowest BCUT2D eigenvalue weighted by molar-refractivity contribution is -0.121. The molecule has 2 aromatic carbocycles. The van der Waals surface area contributed by atoms with Crippen molar-refractivity contribution in [3.05, 3.63) is 63.6 Å². The molecule has 0 heterocycles. The van der Waals surface area contributed by atoms with Crippen LogP contribution in [0.3, 0.4) is 0 Å². The fourth-order valence-electron chi connectivity index (χ4n) is 2.32. The van der Waals surface area contributed by atoms with Gasteiger partial charge in [-0.3, -0.25) is 9.59 Å². The highest BCUT2D eigenvalue weighted by Gasteiger charge is 2.11. The van der Waals surface area contributed by atoms with Crippen molar-refractivity contribution in [2.75, 3.05) is 5.32 Å². The van der Waals surface area contributed by atoms with Gasteiger partial charge < -0.3 is 5.32 Å². The molecule has 2 aromatic rings. The molecule has 142 valence electrons. The zero-order valence-electron chi connectivity index (χ0n) is 15.3. The molecule has 2 rings (SSSR count). The second-order valence-electron chi connectivity index (χ2n) is 6.49. The Morgan fingerprint density at radius 3 is 2.52 bits per heavy atom. The van der Waals surface area contributed by atoms with Crippen molar-refractivity contribution in [2.45, 2.75) is 27.2 Å². The molecule has 0 aliphatic heterocycles. The van der Waals surface area contributed by atoms with Crippen LogP contribution in [0.5, 0.6) is 0 Å². The van der Waals surface area contributed by atoms with Crippen LogP contribution < -0.4 is 10.7 Å². The highest BCUT2D eigenvalue weighted by Crippen LogP contribution is 2.22. The van der Waals surface area contributed by atoms with E-state index in [4.69, 9.17) is 23.2 Å². The van der Waals surface area contributed by atoms with Gasteiger partial charge in [-0.1, -0.05) is 49.2 Å². The molecule has 0 saturated heterocycles. The third-order valence-electron chi connectivity index (χ3n) is 3.66. The lowest BCUT2D eigenvalue weighted by Crippen LogP contribution is -2.20. The second-order valence-corrected chi connectivity index (χ2v) is 7.33. The first-order chi connectivity index (χ1) is 12.8. The van der Waals surface area contributed by atoms with Crippen LogP contribution in [0.25, 0.3) is 0 Å². The average Bonchev–Trinajstić information content (AvgIpc) is 2.59. The Hall–Kier alpha value is -2.37. The van der Waals surface area contributed by atoms with E-state index in [1.54, 1.807) is 37.3 Å². The lowest BCUT2D eigenvalue weighted by Gasteiger charge is -2.09. The highest BCUT2D eigenvalue weighted by molar-refractivity contribution is 6.37. The fraction of sp³-hybridized carbons (Fsp3) is 0.250. The SMILES string of the molecule is CC(=NNC(=O)CC(C)C)c1cccc(NC(=O)c2ccc(Cl)cc2Cl)c1. The zero-order chi connectivity index (χ0) is 20.0. The van der Waals surface area contributed by atoms with Crippen LogP contribution in [0.1, 0.15) is 43.1 Å². The van der Waals surface area contributed by atoms with E-state index in [1.807, 2.05) is 19.9 Å². The van der Waals surface area contributed by atoms with Crippen molar-refractivity contribution in [3.8, 4) is 0 Å². The van der Waals surface area contributed by atoms with E-state index in [-0.39, 0.29) is 22.8 Å². The third kappa shape index (κ3) is 6.38. The van der Waals surface area contributed by atoms with Crippen LogP contribution in [0.4, 0.5) is 5.69 Å². The van der Waals surface area contributed by atoms with Crippen LogP contribution in [0, 0.1) is 5.92 Å². The minimum absolute atomic E-state index is 0.133. The summed E-state index contributed by atoms with van der Waals surface area (Å²) in [6.45, 7) is 5.72. The first-order valence-electron chi connectivity index (χ1n) is 8.46. The smallest absolute Gasteiger partial charge is 0.257 e. The number of hydrogen-bond acceptors (Lipinski definition) is 3. The minimum atomic E-state index is -0.339. The van der Waals surface area contributed by atoms with Crippen molar-refractivity contribution >= 4 is 46.4 Å². The van der Waals surface area contributed by atoms with Gasteiger partial charge in [0.2, 0.25) is 5.91 Å². The normalized spacial score (nSPS) is 11.4. The van der Waals surface area contributed by atoms with Crippen molar-refractivity contribution in [3.63, 3.8) is 0 Å². The Bertz CT molecular complexity index is 879. The predicted molar refractivity (Wildman–Crippen MR) is 111 cm³/mol. The number of rotatable bonds is 6. The number of hydrazone groups is 1. The summed E-state index contributed by atoms with van der Waals surface area (Å²) in [6.07, 6.45) is 0.411. The van der Waals surface area contributed by atoms with Crippen LogP contribution in [-0.4, -0.2) is 17.5 Å². The number of nitrogens with one attached hydrogen (secondary N) is 2. The van der Waals surface area contributed by atoms with Gasteiger partial charge >= 0.3 is 0 Å². The summed E-state index contributed by atoms with van der Waals surface area (Å²) in [4.78, 5) is 24.1. The van der Waals surface area contributed by atoms with Crippen LogP contribution >= 0.6 is 23.2 Å². The van der Waals surface area contributed by atoms with E-state index in [1.165, 1.54) is 6.07 Å². The van der Waals surface area contributed by atoms with Crippen molar-refractivity contribution in [1.82, 2.24) is 5.43 Å². The summed E-state index contributed by atoms with van der Waals surface area (Å²) < 4.78 is 0. The standard InChI is InChI=1S/C20H21Cl2N3O2/c1-12(2)9-19(26)25-24-13(3)14-5-4-6-16(10-14)23-20(27)17-8-7-15(21)11-18(17)22/h4-8,10-12H,9H2,1-3H3,(H,23,27)(H,25,26). The Morgan fingerprint density at radius 1 is 1.11 bits per heavy atom. The van der Waals surface area contributed by atoms with E-state index in [0.717, 1.165) is 5.56 Å². The summed E-state index contributed by atoms with van der Waals surface area (Å²) in [7, 11) is 0. The number of halogens is 2. The number of carbonyl (C=O) groups excluding carboxylic acids is 2. The summed E-state index contributed by atoms with van der Waals surface area (Å²) in [5, 5.41) is 7.66. The summed E-state index contributed by atoms with van der Waals surface area (Å²) in [5.74, 6) is -0.210. The summed E-state index contributed by atoms with van der Waals surface area (Å²) >= 11 is 11.9. The van der Waals surface area contributed by atoms with Gasteiger partial charge in [0.15, 0.2) is 0 Å². The van der Waals surface area contributed by atoms with Crippen LogP contribution in [0.2, 0.25) is 10.0 Å². The number of hydrogen-bond donors (Lipinski definition) is 2. The van der Waals surface area contributed by atoms with Crippen molar-refractivity contribution < 1.29 is 9.59 Å². The van der Waals surface area contributed by atoms with Gasteiger partial charge in [0.25, 0.3) is 5.91 Å². The van der Waals surface area contributed by atoms with Crippen LogP contribution in [-0.2, 0) is 4.79 Å². The average molecular weight is 406 g/mol. The Labute approximate surface area is 168 Å². The van der Waals surface area contributed by atoms with E-state index in [0.29, 0.717) is 28.4 Å². The van der Waals surface area contributed by atoms with Gasteiger partial charge in [-0.2, -0.15) is 5.10 Å². The number of benzene rings is 2. The highest BCUT2D eigenvalue weighted by atomic mass is 35.5. The molecule has 0 unspecified atom stereocenters. The molecule has 0 aliphatic carbocycles. The first kappa shape index (κ1) is 20.9. The van der Waals surface area contributed by atoms with Gasteiger partial charge in [0.1, 0.15) is 0 Å². The molecule has 2 amide bonds. The number of nitrogens with zero attached hydrogens (tertiary/aromatic N) is 1. The molecule has 0 saturated carbocycles.